The van der Waals surface area contributed by atoms with Crippen LogP contribution in [0.1, 0.15) is 18.1 Å². The zero-order chi connectivity index (χ0) is 9.42. The molecule has 0 amide bonds. The van der Waals surface area contributed by atoms with Gasteiger partial charge in [-0.1, -0.05) is 22.9 Å². The van der Waals surface area contributed by atoms with E-state index in [4.69, 9.17) is 0 Å². The first-order valence-electron chi connectivity index (χ1n) is 4.38. The molecule has 0 N–H and O–H groups in total. The molecule has 0 nitrogen and oxygen atoms in total. The van der Waals surface area contributed by atoms with E-state index in [-0.39, 0.29) is 0 Å². The Labute approximate surface area is 90.7 Å². The lowest BCUT2D eigenvalue weighted by atomic mass is 10.1. The van der Waals surface area contributed by atoms with Gasteiger partial charge in [-0.3, -0.25) is 0 Å². The Morgan fingerprint density at radius 2 is 2.15 bits per heavy atom. The van der Waals surface area contributed by atoms with Crippen molar-refractivity contribution in [3.63, 3.8) is 0 Å². The van der Waals surface area contributed by atoms with Crippen molar-refractivity contribution in [1.29, 1.82) is 0 Å². The lowest BCUT2D eigenvalue weighted by Gasteiger charge is -1.99. The molecule has 0 saturated heterocycles. The van der Waals surface area contributed by atoms with Gasteiger partial charge in [0.05, 0.1) is 0 Å². The largest absolute Gasteiger partial charge is 0.144 e. The summed E-state index contributed by atoms with van der Waals surface area (Å²) in [6.07, 6.45) is 1.12. The van der Waals surface area contributed by atoms with Crippen molar-refractivity contribution in [2.24, 2.45) is 0 Å². The van der Waals surface area contributed by atoms with E-state index in [1.807, 2.05) is 11.3 Å². The standard InChI is InChI=1S/C11H11BrS/c1-3-8-6-13-11-4-7(2)10(12)5-9(8)11/h4-6H,3H2,1-2H3. The summed E-state index contributed by atoms with van der Waals surface area (Å²) in [7, 11) is 0. The topological polar surface area (TPSA) is 0 Å². The number of fused-ring (bicyclic) bond motifs is 1. The van der Waals surface area contributed by atoms with Gasteiger partial charge in [-0.25, -0.2) is 0 Å². The molecule has 0 saturated carbocycles. The molecule has 0 unspecified atom stereocenters. The van der Waals surface area contributed by atoms with Crippen molar-refractivity contribution in [3.8, 4) is 0 Å². The Bertz CT molecular complexity index is 443. The van der Waals surface area contributed by atoms with Gasteiger partial charge >= 0.3 is 0 Å². The van der Waals surface area contributed by atoms with E-state index >= 15 is 0 Å². The van der Waals surface area contributed by atoms with Crippen LogP contribution < -0.4 is 0 Å². The van der Waals surface area contributed by atoms with E-state index in [1.54, 1.807) is 0 Å². The molecule has 0 fully saturated rings. The highest BCUT2D eigenvalue weighted by Crippen LogP contribution is 2.31. The molecule has 0 bridgehead atoms. The Morgan fingerprint density at radius 1 is 1.38 bits per heavy atom. The fourth-order valence-electron chi connectivity index (χ4n) is 1.48. The van der Waals surface area contributed by atoms with Crippen LogP contribution in [0, 0.1) is 6.92 Å². The summed E-state index contributed by atoms with van der Waals surface area (Å²) < 4.78 is 2.62. The lowest BCUT2D eigenvalue weighted by molar-refractivity contribution is 1.17. The van der Waals surface area contributed by atoms with Crippen molar-refractivity contribution in [1.82, 2.24) is 0 Å². The van der Waals surface area contributed by atoms with Crippen LogP contribution in [0.25, 0.3) is 10.1 Å². The third kappa shape index (κ3) is 1.53. The molecule has 13 heavy (non-hydrogen) atoms. The van der Waals surface area contributed by atoms with E-state index < -0.39 is 0 Å². The molecule has 1 heterocycles. The summed E-state index contributed by atoms with van der Waals surface area (Å²) in [6.45, 7) is 4.34. The van der Waals surface area contributed by atoms with Gasteiger partial charge in [0.15, 0.2) is 0 Å². The van der Waals surface area contributed by atoms with Gasteiger partial charge < -0.3 is 0 Å². The van der Waals surface area contributed by atoms with E-state index in [2.05, 4.69) is 47.3 Å². The predicted molar refractivity (Wildman–Crippen MR) is 63.6 cm³/mol. The van der Waals surface area contributed by atoms with Crippen LogP contribution in [0.15, 0.2) is 22.0 Å². The SMILES string of the molecule is CCc1csc2cc(C)c(Br)cc12. The van der Waals surface area contributed by atoms with Crippen LogP contribution >= 0.6 is 27.3 Å². The number of thiophene rings is 1. The monoisotopic (exact) mass is 254 g/mol. The zero-order valence-electron chi connectivity index (χ0n) is 7.73. The summed E-state index contributed by atoms with van der Waals surface area (Å²) >= 11 is 5.41. The summed E-state index contributed by atoms with van der Waals surface area (Å²) in [6, 6.07) is 4.49. The average molecular weight is 255 g/mol. The van der Waals surface area contributed by atoms with Crippen LogP contribution in [0.4, 0.5) is 0 Å². The smallest absolute Gasteiger partial charge is 0.0349 e. The molecule has 0 aliphatic heterocycles. The molecule has 0 radical (unpaired) electrons. The maximum Gasteiger partial charge on any atom is 0.0349 e. The first kappa shape index (κ1) is 9.22. The van der Waals surface area contributed by atoms with Crippen LogP contribution in [-0.4, -0.2) is 0 Å². The van der Waals surface area contributed by atoms with Gasteiger partial charge in [0.2, 0.25) is 0 Å². The normalized spacial score (nSPS) is 11.0. The fraction of sp³-hybridized carbons (Fsp3) is 0.273. The molecule has 0 spiro atoms. The maximum absolute atomic E-state index is 3.57. The molecule has 68 valence electrons. The Kier molecular flexibility index (Phi) is 2.43. The van der Waals surface area contributed by atoms with Crippen LogP contribution in [0.5, 0.6) is 0 Å². The van der Waals surface area contributed by atoms with E-state index in [1.165, 1.54) is 25.7 Å². The van der Waals surface area contributed by atoms with Gasteiger partial charge in [0, 0.05) is 9.17 Å². The second-order valence-electron chi connectivity index (χ2n) is 3.21. The minimum absolute atomic E-state index is 1.12. The Hall–Kier alpha value is -0.340. The first-order valence-corrected chi connectivity index (χ1v) is 6.06. The van der Waals surface area contributed by atoms with Crippen molar-refractivity contribution >= 4 is 37.4 Å². The number of aryl methyl sites for hydroxylation is 2. The van der Waals surface area contributed by atoms with E-state index in [9.17, 15) is 0 Å². The summed E-state index contributed by atoms with van der Waals surface area (Å²) in [5, 5.41) is 3.67. The van der Waals surface area contributed by atoms with Crippen molar-refractivity contribution in [2.45, 2.75) is 20.3 Å². The molecule has 2 rings (SSSR count). The predicted octanol–water partition coefficient (Wildman–Crippen LogP) is 4.53. The number of hydrogen-bond donors (Lipinski definition) is 0. The van der Waals surface area contributed by atoms with Crippen LogP contribution in [0.3, 0.4) is 0 Å². The van der Waals surface area contributed by atoms with Crippen molar-refractivity contribution in [2.75, 3.05) is 0 Å². The molecular formula is C11H11BrS. The highest BCUT2D eigenvalue weighted by atomic mass is 79.9. The van der Waals surface area contributed by atoms with E-state index in [0.29, 0.717) is 0 Å². The summed E-state index contributed by atoms with van der Waals surface area (Å²) in [5.41, 5.74) is 2.78. The van der Waals surface area contributed by atoms with Crippen molar-refractivity contribution in [3.05, 3.63) is 33.1 Å². The fourth-order valence-corrected chi connectivity index (χ4v) is 2.94. The highest BCUT2D eigenvalue weighted by molar-refractivity contribution is 9.10. The summed E-state index contributed by atoms with van der Waals surface area (Å²) in [4.78, 5) is 0. The quantitative estimate of drug-likeness (QED) is 0.702. The van der Waals surface area contributed by atoms with Crippen LogP contribution in [-0.2, 0) is 6.42 Å². The van der Waals surface area contributed by atoms with E-state index in [0.717, 1.165) is 6.42 Å². The molecule has 0 aliphatic rings. The van der Waals surface area contributed by atoms with Gasteiger partial charge in [-0.2, -0.15) is 0 Å². The third-order valence-electron chi connectivity index (χ3n) is 2.32. The molecule has 0 atom stereocenters. The molecule has 2 heteroatoms. The van der Waals surface area contributed by atoms with Gasteiger partial charge in [-0.15, -0.1) is 11.3 Å². The van der Waals surface area contributed by atoms with Gasteiger partial charge in [-0.05, 0) is 47.4 Å². The maximum atomic E-state index is 3.57. The zero-order valence-corrected chi connectivity index (χ0v) is 10.1. The van der Waals surface area contributed by atoms with Gasteiger partial charge in [0.25, 0.3) is 0 Å². The number of hydrogen-bond acceptors (Lipinski definition) is 1. The second-order valence-corrected chi connectivity index (χ2v) is 4.98. The Morgan fingerprint density at radius 3 is 2.85 bits per heavy atom. The minimum Gasteiger partial charge on any atom is -0.144 e. The lowest BCUT2D eigenvalue weighted by Crippen LogP contribution is -1.78. The highest BCUT2D eigenvalue weighted by Gasteiger charge is 2.04. The third-order valence-corrected chi connectivity index (χ3v) is 4.16. The number of halogens is 1. The molecule has 0 aliphatic carbocycles. The van der Waals surface area contributed by atoms with Crippen LogP contribution in [0.2, 0.25) is 0 Å². The van der Waals surface area contributed by atoms with Gasteiger partial charge in [0.1, 0.15) is 0 Å². The second kappa shape index (κ2) is 3.43. The van der Waals surface area contributed by atoms with Crippen molar-refractivity contribution < 1.29 is 0 Å². The minimum atomic E-state index is 1.12. The number of benzene rings is 1. The molecule has 1 aromatic heterocycles. The molecule has 2 aromatic rings. The number of rotatable bonds is 1. The average Bonchev–Trinajstić information content (AvgIpc) is 2.48. The first-order chi connectivity index (χ1) is 6.22. The molecule has 1 aromatic carbocycles. The summed E-state index contributed by atoms with van der Waals surface area (Å²) in [5.74, 6) is 0. The Balaban J connectivity index is 2.77. The molecular weight excluding hydrogens is 244 g/mol.